The monoisotopic (exact) mass is 511 g/mol. The van der Waals surface area contributed by atoms with Crippen LogP contribution >= 0.6 is 23.8 Å². The molecule has 2 aromatic rings. The number of aromatic nitrogens is 2. The van der Waals surface area contributed by atoms with E-state index in [0.717, 1.165) is 56.6 Å². The molecule has 4 rings (SSSR count). The van der Waals surface area contributed by atoms with Gasteiger partial charge in [0.2, 0.25) is 5.95 Å². The van der Waals surface area contributed by atoms with E-state index in [1.807, 2.05) is 30.0 Å². The van der Waals surface area contributed by atoms with Crippen LogP contribution in [-0.2, 0) is 11.6 Å². The molecule has 1 aliphatic carbocycles. The fourth-order valence-corrected chi connectivity index (χ4v) is 5.41. The minimum Gasteiger partial charge on any atom is -0.361 e. The third kappa shape index (κ3) is 5.74. The van der Waals surface area contributed by atoms with Gasteiger partial charge in [-0.2, -0.15) is 18.2 Å². The summed E-state index contributed by atoms with van der Waals surface area (Å²) in [5.74, 6) is 0.120. The van der Waals surface area contributed by atoms with Crippen molar-refractivity contribution in [2.24, 2.45) is 0 Å². The van der Waals surface area contributed by atoms with E-state index < -0.39 is 11.9 Å². The molecule has 1 aromatic heterocycles. The van der Waals surface area contributed by atoms with E-state index in [9.17, 15) is 13.2 Å². The minimum atomic E-state index is -4.58. The third-order valence-electron chi connectivity index (χ3n) is 6.91. The maximum atomic E-state index is 13.6. The van der Waals surface area contributed by atoms with E-state index in [0.29, 0.717) is 18.1 Å². The summed E-state index contributed by atoms with van der Waals surface area (Å²) in [5.41, 5.74) is 0.0379. The average molecular weight is 512 g/mol. The molecule has 2 fully saturated rings. The second-order valence-electron chi connectivity index (χ2n) is 9.28. The van der Waals surface area contributed by atoms with Crippen molar-refractivity contribution in [2.75, 3.05) is 23.3 Å². The first-order valence-corrected chi connectivity index (χ1v) is 12.5. The Kier molecular flexibility index (Phi) is 7.52. The molecule has 0 radical (unpaired) electrons. The van der Waals surface area contributed by atoms with Gasteiger partial charge in [0, 0.05) is 35.6 Å². The number of benzene rings is 1. The smallest absolute Gasteiger partial charge is 0.361 e. The van der Waals surface area contributed by atoms with Crippen molar-refractivity contribution in [1.29, 1.82) is 0 Å². The van der Waals surface area contributed by atoms with Crippen molar-refractivity contribution in [1.82, 2.24) is 15.3 Å². The molecule has 0 bridgehead atoms. The van der Waals surface area contributed by atoms with Gasteiger partial charge in [-0.15, -0.1) is 0 Å². The van der Waals surface area contributed by atoms with Gasteiger partial charge < -0.3 is 15.5 Å². The lowest BCUT2D eigenvalue weighted by Gasteiger charge is -2.34. The largest absolute Gasteiger partial charge is 0.433 e. The summed E-state index contributed by atoms with van der Waals surface area (Å²) < 4.78 is 40.7. The van der Waals surface area contributed by atoms with Crippen molar-refractivity contribution in [3.05, 3.63) is 46.6 Å². The third-order valence-corrected chi connectivity index (χ3v) is 7.39. The van der Waals surface area contributed by atoms with E-state index in [4.69, 9.17) is 23.8 Å². The van der Waals surface area contributed by atoms with E-state index in [2.05, 4.69) is 26.7 Å². The molecule has 1 saturated carbocycles. The second-order valence-corrected chi connectivity index (χ2v) is 10.1. The van der Waals surface area contributed by atoms with Crippen LogP contribution < -0.4 is 15.5 Å². The van der Waals surface area contributed by atoms with Gasteiger partial charge in [-0.1, -0.05) is 36.6 Å². The lowest BCUT2D eigenvalue weighted by molar-refractivity contribution is -0.141. The number of nitrogens with zero attached hydrogens (tertiary/aromatic N) is 3. The normalized spacial score (nSPS) is 20.3. The molecule has 10 heteroatoms. The van der Waals surface area contributed by atoms with Crippen LogP contribution in [0.3, 0.4) is 0 Å². The number of rotatable bonds is 5. The van der Waals surface area contributed by atoms with Crippen molar-refractivity contribution in [3.63, 3.8) is 0 Å². The number of thiocarbonyl (C=S) groups is 1. The minimum absolute atomic E-state index is 0.114. The van der Waals surface area contributed by atoms with Gasteiger partial charge in [0.15, 0.2) is 10.8 Å². The molecule has 2 heterocycles. The van der Waals surface area contributed by atoms with Gasteiger partial charge in [0.25, 0.3) is 0 Å². The maximum Gasteiger partial charge on any atom is 0.433 e. The predicted molar refractivity (Wildman–Crippen MR) is 134 cm³/mol. The fourth-order valence-electron chi connectivity index (χ4n) is 5.05. The van der Waals surface area contributed by atoms with Crippen molar-refractivity contribution >= 4 is 40.7 Å². The van der Waals surface area contributed by atoms with Gasteiger partial charge >= 0.3 is 6.18 Å². The Labute approximate surface area is 208 Å². The van der Waals surface area contributed by atoms with Gasteiger partial charge in [-0.3, -0.25) is 0 Å². The van der Waals surface area contributed by atoms with Crippen LogP contribution in [0.4, 0.5) is 24.9 Å². The first-order valence-electron chi connectivity index (χ1n) is 11.7. The lowest BCUT2D eigenvalue weighted by Crippen LogP contribution is -2.41. The van der Waals surface area contributed by atoms with Crippen LogP contribution in [0.2, 0.25) is 5.02 Å². The Bertz CT molecular complexity index is 1030. The number of alkyl halides is 3. The summed E-state index contributed by atoms with van der Waals surface area (Å²) in [6.07, 6.45) is 2.49. The average Bonchev–Trinajstić information content (AvgIpc) is 3.28. The SMILES string of the molecule is C[C@@H]1CCCCN1c1cc(C(F)(F)F)nc(NC(=S)NCC2(c3cccc(Cl)c3)CCCC2)n1. The van der Waals surface area contributed by atoms with Crippen LogP contribution in [0.25, 0.3) is 0 Å². The molecule has 1 aliphatic heterocycles. The van der Waals surface area contributed by atoms with Crippen LogP contribution in [0.1, 0.15) is 63.1 Å². The van der Waals surface area contributed by atoms with Crippen LogP contribution in [0, 0.1) is 0 Å². The number of nitrogens with one attached hydrogen (secondary N) is 2. The first kappa shape index (κ1) is 25.0. The van der Waals surface area contributed by atoms with Crippen molar-refractivity contribution in [2.45, 2.75) is 69.5 Å². The molecule has 1 aromatic carbocycles. The Morgan fingerprint density at radius 1 is 1.18 bits per heavy atom. The Morgan fingerprint density at radius 3 is 2.62 bits per heavy atom. The van der Waals surface area contributed by atoms with Crippen molar-refractivity contribution < 1.29 is 13.2 Å². The molecular weight excluding hydrogens is 483 g/mol. The molecule has 1 atom stereocenters. The fraction of sp³-hybridized carbons (Fsp3) is 0.542. The number of piperidine rings is 1. The van der Waals surface area contributed by atoms with Gasteiger partial charge in [0.05, 0.1) is 0 Å². The standard InChI is InChI=1S/C24H29ClF3N5S/c1-16-7-2-5-12-33(16)20-14-19(24(26,27)28)30-21(31-20)32-22(34)29-15-23(10-3-4-11-23)17-8-6-9-18(25)13-17/h6,8-9,13-14,16H,2-5,7,10-12,15H2,1H3,(H2,29,30,31,32,34)/t16-/m1/s1. The first-order chi connectivity index (χ1) is 16.2. The molecule has 34 heavy (non-hydrogen) atoms. The summed E-state index contributed by atoms with van der Waals surface area (Å²) in [6.45, 7) is 3.22. The van der Waals surface area contributed by atoms with Crippen molar-refractivity contribution in [3.8, 4) is 0 Å². The molecule has 5 nitrogen and oxygen atoms in total. The number of hydrogen-bond donors (Lipinski definition) is 2. The second kappa shape index (κ2) is 10.2. The van der Waals surface area contributed by atoms with E-state index in [1.54, 1.807) is 0 Å². The summed E-state index contributed by atoms with van der Waals surface area (Å²) >= 11 is 11.7. The number of anilines is 2. The topological polar surface area (TPSA) is 53.1 Å². The summed E-state index contributed by atoms with van der Waals surface area (Å²) in [5, 5.41) is 6.88. The van der Waals surface area contributed by atoms with Crippen LogP contribution in [0.5, 0.6) is 0 Å². The predicted octanol–water partition coefficient (Wildman–Crippen LogP) is 6.33. The quantitative estimate of drug-likeness (QED) is 0.458. The Morgan fingerprint density at radius 2 is 1.94 bits per heavy atom. The number of halogens is 4. The van der Waals surface area contributed by atoms with Gasteiger partial charge in [-0.05, 0) is 68.9 Å². The molecular formula is C24H29ClF3N5S. The van der Waals surface area contributed by atoms with E-state index >= 15 is 0 Å². The molecule has 184 valence electrons. The lowest BCUT2D eigenvalue weighted by atomic mass is 9.79. The molecule has 0 amide bonds. The van der Waals surface area contributed by atoms with E-state index in [-0.39, 0.29) is 28.3 Å². The zero-order valence-corrected chi connectivity index (χ0v) is 20.7. The molecule has 2 N–H and O–H groups in total. The van der Waals surface area contributed by atoms with E-state index in [1.165, 1.54) is 0 Å². The highest BCUT2D eigenvalue weighted by atomic mass is 35.5. The zero-order chi connectivity index (χ0) is 24.3. The summed E-state index contributed by atoms with van der Waals surface area (Å²) in [4.78, 5) is 10.0. The highest BCUT2D eigenvalue weighted by Crippen LogP contribution is 2.41. The van der Waals surface area contributed by atoms with Crippen LogP contribution in [-0.4, -0.2) is 34.2 Å². The highest BCUT2D eigenvalue weighted by Gasteiger charge is 2.37. The zero-order valence-electron chi connectivity index (χ0n) is 19.1. The molecule has 0 spiro atoms. The summed E-state index contributed by atoms with van der Waals surface area (Å²) in [7, 11) is 0. The Hall–Kier alpha value is -2.13. The maximum absolute atomic E-state index is 13.6. The Balaban J connectivity index is 1.51. The highest BCUT2D eigenvalue weighted by molar-refractivity contribution is 7.80. The summed E-state index contributed by atoms with van der Waals surface area (Å²) in [6, 6.07) is 8.97. The van der Waals surface area contributed by atoms with Gasteiger partial charge in [0.1, 0.15) is 5.82 Å². The molecule has 0 unspecified atom stereocenters. The molecule has 2 aliphatic rings. The number of hydrogen-bond acceptors (Lipinski definition) is 4. The molecule has 1 saturated heterocycles. The van der Waals surface area contributed by atoms with Crippen LogP contribution in [0.15, 0.2) is 30.3 Å². The van der Waals surface area contributed by atoms with Gasteiger partial charge in [-0.25, -0.2) is 4.98 Å².